The van der Waals surface area contributed by atoms with Gasteiger partial charge >= 0.3 is 0 Å². The third-order valence-electron chi connectivity index (χ3n) is 3.90. The average Bonchev–Trinajstić information content (AvgIpc) is 2.52. The molecule has 0 radical (unpaired) electrons. The third kappa shape index (κ3) is 4.23. The van der Waals surface area contributed by atoms with E-state index in [1.807, 2.05) is 6.92 Å². The Morgan fingerprint density at radius 1 is 1.48 bits per heavy atom. The van der Waals surface area contributed by atoms with Crippen LogP contribution in [-0.2, 0) is 14.8 Å². The van der Waals surface area contributed by atoms with E-state index < -0.39 is 10.0 Å². The molecule has 0 bridgehead atoms. The molecule has 0 spiro atoms. The summed E-state index contributed by atoms with van der Waals surface area (Å²) in [7, 11) is -3.70. The maximum atomic E-state index is 12.8. The lowest BCUT2D eigenvalue weighted by Crippen LogP contribution is -2.46. The molecule has 1 heterocycles. The molecular formula is C15H22ClN3O3S. The molecule has 0 saturated carbocycles. The van der Waals surface area contributed by atoms with Crippen molar-refractivity contribution in [1.82, 2.24) is 9.62 Å². The maximum Gasteiger partial charge on any atom is 0.244 e. The van der Waals surface area contributed by atoms with Crippen molar-refractivity contribution in [2.75, 3.05) is 26.2 Å². The largest absolute Gasteiger partial charge is 0.355 e. The van der Waals surface area contributed by atoms with Crippen LogP contribution in [0.15, 0.2) is 23.1 Å². The van der Waals surface area contributed by atoms with Crippen molar-refractivity contribution in [3.63, 3.8) is 0 Å². The van der Waals surface area contributed by atoms with Gasteiger partial charge in [-0.3, -0.25) is 4.79 Å². The quantitative estimate of drug-likeness (QED) is 0.824. The smallest absolute Gasteiger partial charge is 0.244 e. The SMILES string of the molecule is Cc1ccc(S(=O)(=O)N2CCCC(C(=O)NCCN)C2)c(Cl)c1. The van der Waals surface area contributed by atoms with Crippen LogP contribution in [0.5, 0.6) is 0 Å². The number of rotatable bonds is 5. The number of nitrogens with one attached hydrogen (secondary N) is 1. The predicted molar refractivity (Wildman–Crippen MR) is 89.7 cm³/mol. The van der Waals surface area contributed by atoms with E-state index in [0.29, 0.717) is 32.5 Å². The second-order valence-corrected chi connectivity index (χ2v) is 8.03. The van der Waals surface area contributed by atoms with Crippen molar-refractivity contribution in [2.24, 2.45) is 11.7 Å². The molecule has 8 heteroatoms. The van der Waals surface area contributed by atoms with Crippen molar-refractivity contribution in [3.05, 3.63) is 28.8 Å². The van der Waals surface area contributed by atoms with E-state index in [0.717, 1.165) is 5.56 Å². The zero-order chi connectivity index (χ0) is 17.0. The fourth-order valence-corrected chi connectivity index (χ4v) is 4.77. The number of carbonyl (C=O) groups excluding carboxylic acids is 1. The Morgan fingerprint density at radius 2 is 2.22 bits per heavy atom. The van der Waals surface area contributed by atoms with Gasteiger partial charge in [-0.05, 0) is 37.5 Å². The fraction of sp³-hybridized carbons (Fsp3) is 0.533. The Bertz CT molecular complexity index is 679. The molecule has 0 aromatic heterocycles. The summed E-state index contributed by atoms with van der Waals surface area (Å²) in [5.74, 6) is -0.500. The first-order chi connectivity index (χ1) is 10.9. The molecule has 1 aliphatic heterocycles. The van der Waals surface area contributed by atoms with E-state index in [-0.39, 0.29) is 28.3 Å². The Kier molecular flexibility index (Phi) is 6.02. The van der Waals surface area contributed by atoms with Gasteiger partial charge in [0.2, 0.25) is 15.9 Å². The van der Waals surface area contributed by atoms with Crippen LogP contribution < -0.4 is 11.1 Å². The molecule has 1 unspecified atom stereocenters. The first-order valence-electron chi connectivity index (χ1n) is 7.60. The summed E-state index contributed by atoms with van der Waals surface area (Å²) < 4.78 is 26.9. The van der Waals surface area contributed by atoms with Crippen LogP contribution in [0.2, 0.25) is 5.02 Å². The second-order valence-electron chi connectivity index (χ2n) is 5.72. The Labute approximate surface area is 142 Å². The standard InChI is InChI=1S/C15H22ClN3O3S/c1-11-4-5-14(13(16)9-11)23(21,22)19-8-2-3-12(10-19)15(20)18-7-6-17/h4-5,9,12H,2-3,6-8,10,17H2,1H3,(H,18,20). The molecule has 1 atom stereocenters. The average molecular weight is 360 g/mol. The Balaban J connectivity index is 2.18. The highest BCUT2D eigenvalue weighted by molar-refractivity contribution is 7.89. The van der Waals surface area contributed by atoms with Gasteiger partial charge < -0.3 is 11.1 Å². The minimum Gasteiger partial charge on any atom is -0.355 e. The summed E-state index contributed by atoms with van der Waals surface area (Å²) >= 11 is 6.10. The van der Waals surface area contributed by atoms with Gasteiger partial charge in [0.05, 0.1) is 10.9 Å². The van der Waals surface area contributed by atoms with Crippen LogP contribution in [0.3, 0.4) is 0 Å². The molecule has 23 heavy (non-hydrogen) atoms. The fourth-order valence-electron chi connectivity index (χ4n) is 2.67. The molecule has 0 aliphatic carbocycles. The van der Waals surface area contributed by atoms with Crippen LogP contribution in [0.25, 0.3) is 0 Å². The number of benzene rings is 1. The van der Waals surface area contributed by atoms with Gasteiger partial charge in [0.25, 0.3) is 0 Å². The van der Waals surface area contributed by atoms with Gasteiger partial charge in [0.15, 0.2) is 0 Å². The lowest BCUT2D eigenvalue weighted by atomic mass is 9.99. The van der Waals surface area contributed by atoms with E-state index in [9.17, 15) is 13.2 Å². The van der Waals surface area contributed by atoms with Crippen LogP contribution in [0, 0.1) is 12.8 Å². The van der Waals surface area contributed by atoms with E-state index in [1.165, 1.54) is 10.4 Å². The number of nitrogens with zero attached hydrogens (tertiary/aromatic N) is 1. The molecule has 1 fully saturated rings. The van der Waals surface area contributed by atoms with Crippen molar-refractivity contribution in [3.8, 4) is 0 Å². The number of halogens is 1. The van der Waals surface area contributed by atoms with E-state index in [2.05, 4.69) is 5.32 Å². The number of nitrogens with two attached hydrogens (primary N) is 1. The van der Waals surface area contributed by atoms with Gasteiger partial charge in [-0.2, -0.15) is 4.31 Å². The third-order valence-corrected chi connectivity index (χ3v) is 6.25. The number of piperidine rings is 1. The van der Waals surface area contributed by atoms with Crippen molar-refractivity contribution >= 4 is 27.5 Å². The molecule has 1 aliphatic rings. The van der Waals surface area contributed by atoms with Crippen LogP contribution in [0.1, 0.15) is 18.4 Å². The number of carbonyl (C=O) groups is 1. The molecule has 6 nitrogen and oxygen atoms in total. The zero-order valence-corrected chi connectivity index (χ0v) is 14.7. The highest BCUT2D eigenvalue weighted by atomic mass is 35.5. The van der Waals surface area contributed by atoms with Crippen LogP contribution >= 0.6 is 11.6 Å². The van der Waals surface area contributed by atoms with E-state index in [1.54, 1.807) is 12.1 Å². The lowest BCUT2D eigenvalue weighted by molar-refractivity contribution is -0.126. The van der Waals surface area contributed by atoms with Gasteiger partial charge in [-0.15, -0.1) is 0 Å². The summed E-state index contributed by atoms with van der Waals surface area (Å²) in [6.45, 7) is 3.17. The van der Waals surface area contributed by atoms with Crippen LogP contribution in [-0.4, -0.2) is 44.8 Å². The molecule has 1 amide bonds. The van der Waals surface area contributed by atoms with E-state index in [4.69, 9.17) is 17.3 Å². The van der Waals surface area contributed by atoms with E-state index >= 15 is 0 Å². The number of hydrogen-bond acceptors (Lipinski definition) is 4. The molecule has 1 saturated heterocycles. The normalized spacial score (nSPS) is 19.5. The minimum absolute atomic E-state index is 0.0905. The molecular weight excluding hydrogens is 338 g/mol. The zero-order valence-electron chi connectivity index (χ0n) is 13.1. The Morgan fingerprint density at radius 3 is 2.87 bits per heavy atom. The highest BCUT2D eigenvalue weighted by Gasteiger charge is 2.34. The monoisotopic (exact) mass is 359 g/mol. The number of aryl methyl sites for hydroxylation is 1. The van der Waals surface area contributed by atoms with Gasteiger partial charge in [0.1, 0.15) is 4.90 Å². The van der Waals surface area contributed by atoms with Crippen molar-refractivity contribution < 1.29 is 13.2 Å². The first kappa shape index (κ1) is 18.2. The molecule has 3 N–H and O–H groups in total. The lowest BCUT2D eigenvalue weighted by Gasteiger charge is -2.31. The van der Waals surface area contributed by atoms with Crippen molar-refractivity contribution in [2.45, 2.75) is 24.7 Å². The summed E-state index contributed by atoms with van der Waals surface area (Å²) in [6, 6.07) is 4.86. The molecule has 128 valence electrons. The highest BCUT2D eigenvalue weighted by Crippen LogP contribution is 2.29. The minimum atomic E-state index is -3.70. The maximum absolute atomic E-state index is 12.8. The number of hydrogen-bond donors (Lipinski definition) is 2. The summed E-state index contributed by atoms with van der Waals surface area (Å²) in [6.07, 6.45) is 1.31. The Hall–Kier alpha value is -1.15. The number of amides is 1. The van der Waals surface area contributed by atoms with Gasteiger partial charge in [-0.1, -0.05) is 17.7 Å². The second kappa shape index (κ2) is 7.61. The van der Waals surface area contributed by atoms with Gasteiger partial charge in [0, 0.05) is 26.2 Å². The van der Waals surface area contributed by atoms with Crippen LogP contribution in [0.4, 0.5) is 0 Å². The molecule has 1 aromatic rings. The van der Waals surface area contributed by atoms with Gasteiger partial charge in [-0.25, -0.2) is 8.42 Å². The predicted octanol–water partition coefficient (Wildman–Crippen LogP) is 1.12. The summed E-state index contributed by atoms with van der Waals surface area (Å²) in [5, 5.41) is 2.93. The first-order valence-corrected chi connectivity index (χ1v) is 9.42. The molecule has 2 rings (SSSR count). The molecule has 1 aromatic carbocycles. The summed E-state index contributed by atoms with van der Waals surface area (Å²) in [5.41, 5.74) is 6.27. The summed E-state index contributed by atoms with van der Waals surface area (Å²) in [4.78, 5) is 12.2. The van der Waals surface area contributed by atoms with Crippen molar-refractivity contribution in [1.29, 1.82) is 0 Å². The topological polar surface area (TPSA) is 92.5 Å². The number of sulfonamides is 1.